The second-order valence-electron chi connectivity index (χ2n) is 8.13. The van der Waals surface area contributed by atoms with E-state index in [1.165, 1.54) is 13.1 Å². The fraction of sp³-hybridized carbons (Fsp3) is 0.0690. The molecule has 176 valence electrons. The van der Waals surface area contributed by atoms with Gasteiger partial charge in [0.25, 0.3) is 5.91 Å². The van der Waals surface area contributed by atoms with Crippen LogP contribution < -0.4 is 5.32 Å². The number of nitrogens with one attached hydrogen (secondary N) is 1. The van der Waals surface area contributed by atoms with E-state index >= 15 is 0 Å². The number of pyridine rings is 1. The first-order valence-electron chi connectivity index (χ1n) is 11.4. The molecule has 1 N–H and O–H groups in total. The van der Waals surface area contributed by atoms with Gasteiger partial charge in [0.15, 0.2) is 6.10 Å². The van der Waals surface area contributed by atoms with Gasteiger partial charge in [0.1, 0.15) is 0 Å². The van der Waals surface area contributed by atoms with E-state index in [-0.39, 0.29) is 5.56 Å². The van der Waals surface area contributed by atoms with Gasteiger partial charge < -0.3 is 10.1 Å². The molecule has 0 aliphatic carbocycles. The first-order chi connectivity index (χ1) is 17.6. The molecule has 0 saturated carbocycles. The molecule has 7 heteroatoms. The maximum absolute atomic E-state index is 12.8. The molecule has 0 saturated heterocycles. The predicted molar refractivity (Wildman–Crippen MR) is 138 cm³/mol. The third-order valence-electron chi connectivity index (χ3n) is 5.58. The Morgan fingerprint density at radius 2 is 1.42 bits per heavy atom. The van der Waals surface area contributed by atoms with E-state index < -0.39 is 18.0 Å². The van der Waals surface area contributed by atoms with Crippen molar-refractivity contribution in [2.75, 3.05) is 5.32 Å². The van der Waals surface area contributed by atoms with Crippen LogP contribution in [0.1, 0.15) is 17.3 Å². The van der Waals surface area contributed by atoms with E-state index in [0.29, 0.717) is 22.4 Å². The maximum Gasteiger partial charge on any atom is 0.338 e. The molecule has 2 aromatic heterocycles. The number of nitrogens with zero attached hydrogens (tertiary/aromatic N) is 3. The van der Waals surface area contributed by atoms with Crippen molar-refractivity contribution in [3.8, 4) is 22.5 Å². The second-order valence-corrected chi connectivity index (χ2v) is 8.13. The summed E-state index contributed by atoms with van der Waals surface area (Å²) in [6.07, 6.45) is 2.12. The summed E-state index contributed by atoms with van der Waals surface area (Å²) in [4.78, 5) is 39.0. The zero-order chi connectivity index (χ0) is 24.9. The van der Waals surface area contributed by atoms with E-state index in [1.807, 2.05) is 60.7 Å². The summed E-state index contributed by atoms with van der Waals surface area (Å²) in [7, 11) is 0. The summed E-state index contributed by atoms with van der Waals surface area (Å²) in [5, 5.41) is 2.67. The number of aromatic nitrogens is 3. The third-order valence-corrected chi connectivity index (χ3v) is 5.58. The van der Waals surface area contributed by atoms with Gasteiger partial charge in [-0.25, -0.2) is 14.8 Å². The number of benzene rings is 3. The molecule has 5 rings (SSSR count). The second kappa shape index (κ2) is 10.1. The number of fused-ring (bicyclic) bond motifs is 1. The van der Waals surface area contributed by atoms with Crippen LogP contribution in [0.2, 0.25) is 0 Å². The molecule has 0 spiro atoms. The van der Waals surface area contributed by atoms with Gasteiger partial charge >= 0.3 is 5.97 Å². The Morgan fingerprint density at radius 1 is 0.778 bits per heavy atom. The minimum atomic E-state index is -1.00. The number of amides is 1. The van der Waals surface area contributed by atoms with Gasteiger partial charge in [0, 0.05) is 17.3 Å². The average molecular weight is 475 g/mol. The Balaban J connectivity index is 1.44. The molecule has 1 atom stereocenters. The van der Waals surface area contributed by atoms with Crippen molar-refractivity contribution in [3.63, 3.8) is 0 Å². The number of rotatable bonds is 6. The van der Waals surface area contributed by atoms with Gasteiger partial charge in [0.05, 0.1) is 39.9 Å². The van der Waals surface area contributed by atoms with Crippen LogP contribution in [0.25, 0.3) is 33.5 Å². The highest BCUT2D eigenvalue weighted by molar-refractivity contribution is 5.99. The molecule has 7 nitrogen and oxygen atoms in total. The fourth-order valence-electron chi connectivity index (χ4n) is 3.74. The van der Waals surface area contributed by atoms with Gasteiger partial charge in [0.2, 0.25) is 0 Å². The molecule has 0 fully saturated rings. The SMILES string of the molecule is CC(OC(=O)c1ccc2nc(-c3ccccc3)c(-c3ccccc3)nc2c1)C(=O)Nc1cccnc1. The molecule has 1 unspecified atom stereocenters. The Labute approximate surface area is 207 Å². The number of ether oxygens (including phenoxy) is 1. The molecule has 0 aliphatic heterocycles. The number of carbonyl (C=O) groups is 2. The summed E-state index contributed by atoms with van der Waals surface area (Å²) in [6, 6.07) is 28.1. The molecule has 5 aromatic rings. The number of hydrogen-bond donors (Lipinski definition) is 1. The topological polar surface area (TPSA) is 94.1 Å². The van der Waals surface area contributed by atoms with Crippen LogP contribution >= 0.6 is 0 Å². The zero-order valence-corrected chi connectivity index (χ0v) is 19.5. The molecule has 36 heavy (non-hydrogen) atoms. The van der Waals surface area contributed by atoms with Crippen molar-refractivity contribution in [1.82, 2.24) is 15.0 Å². The lowest BCUT2D eigenvalue weighted by Crippen LogP contribution is -2.30. The third kappa shape index (κ3) is 4.95. The first kappa shape index (κ1) is 22.9. The van der Waals surface area contributed by atoms with Crippen molar-refractivity contribution in [3.05, 3.63) is 109 Å². The van der Waals surface area contributed by atoms with Crippen LogP contribution in [-0.4, -0.2) is 32.9 Å². The summed E-state index contributed by atoms with van der Waals surface area (Å²) < 4.78 is 5.41. The summed E-state index contributed by atoms with van der Waals surface area (Å²) in [5.41, 5.74) is 5.33. The van der Waals surface area contributed by atoms with Crippen LogP contribution in [0.3, 0.4) is 0 Å². The number of esters is 1. The number of carbonyl (C=O) groups excluding carboxylic acids is 2. The highest BCUT2D eigenvalue weighted by Crippen LogP contribution is 2.31. The zero-order valence-electron chi connectivity index (χ0n) is 19.5. The maximum atomic E-state index is 12.8. The lowest BCUT2D eigenvalue weighted by atomic mass is 10.0. The van der Waals surface area contributed by atoms with Gasteiger partial charge in [-0.1, -0.05) is 60.7 Å². The highest BCUT2D eigenvalue weighted by atomic mass is 16.5. The molecule has 1 amide bonds. The van der Waals surface area contributed by atoms with E-state index in [0.717, 1.165) is 16.8 Å². The van der Waals surface area contributed by atoms with Crippen LogP contribution in [0, 0.1) is 0 Å². The van der Waals surface area contributed by atoms with Gasteiger partial charge in [-0.2, -0.15) is 0 Å². The van der Waals surface area contributed by atoms with E-state index in [4.69, 9.17) is 14.7 Å². The van der Waals surface area contributed by atoms with E-state index in [9.17, 15) is 9.59 Å². The van der Waals surface area contributed by atoms with Gasteiger partial charge in [-0.05, 0) is 37.3 Å². The number of anilines is 1. The Hall–Kier alpha value is -4.91. The number of hydrogen-bond acceptors (Lipinski definition) is 6. The van der Waals surface area contributed by atoms with Crippen molar-refractivity contribution < 1.29 is 14.3 Å². The lowest BCUT2D eigenvalue weighted by molar-refractivity contribution is -0.123. The van der Waals surface area contributed by atoms with Crippen molar-refractivity contribution in [1.29, 1.82) is 0 Å². The van der Waals surface area contributed by atoms with Crippen LogP contribution in [0.5, 0.6) is 0 Å². The molecule has 3 aromatic carbocycles. The fourth-order valence-corrected chi connectivity index (χ4v) is 3.74. The van der Waals surface area contributed by atoms with Crippen molar-refractivity contribution in [2.45, 2.75) is 13.0 Å². The Bertz CT molecular complexity index is 1520. The van der Waals surface area contributed by atoms with Gasteiger partial charge in [-0.3, -0.25) is 9.78 Å². The molecule has 0 aliphatic rings. The monoisotopic (exact) mass is 474 g/mol. The summed E-state index contributed by atoms with van der Waals surface area (Å²) >= 11 is 0. The minimum Gasteiger partial charge on any atom is -0.449 e. The molecular weight excluding hydrogens is 452 g/mol. The lowest BCUT2D eigenvalue weighted by Gasteiger charge is -2.14. The molecule has 2 heterocycles. The average Bonchev–Trinajstić information content (AvgIpc) is 2.93. The van der Waals surface area contributed by atoms with Crippen molar-refractivity contribution >= 4 is 28.6 Å². The largest absolute Gasteiger partial charge is 0.449 e. The van der Waals surface area contributed by atoms with Crippen LogP contribution in [0.15, 0.2) is 103 Å². The molecule has 0 radical (unpaired) electrons. The van der Waals surface area contributed by atoms with E-state index in [2.05, 4.69) is 10.3 Å². The quantitative estimate of drug-likeness (QED) is 0.325. The standard InChI is InChI=1S/C29H22N4O3/c1-19(28(34)31-23-13-8-16-30-18-23)36-29(35)22-14-15-24-25(17-22)33-27(21-11-6-3-7-12-21)26(32-24)20-9-4-2-5-10-20/h2-19H,1H3,(H,31,34). The molecular formula is C29H22N4O3. The Morgan fingerprint density at radius 3 is 2.03 bits per heavy atom. The summed E-state index contributed by atoms with van der Waals surface area (Å²) in [6.45, 7) is 1.52. The highest BCUT2D eigenvalue weighted by Gasteiger charge is 2.20. The smallest absolute Gasteiger partial charge is 0.338 e. The van der Waals surface area contributed by atoms with Crippen molar-refractivity contribution in [2.24, 2.45) is 0 Å². The van der Waals surface area contributed by atoms with Gasteiger partial charge in [-0.15, -0.1) is 0 Å². The van der Waals surface area contributed by atoms with E-state index in [1.54, 1.807) is 36.5 Å². The first-order valence-corrected chi connectivity index (χ1v) is 11.4. The molecule has 0 bridgehead atoms. The predicted octanol–water partition coefficient (Wildman–Crippen LogP) is 5.54. The summed E-state index contributed by atoms with van der Waals surface area (Å²) in [5.74, 6) is -1.07. The van der Waals surface area contributed by atoms with Crippen LogP contribution in [-0.2, 0) is 9.53 Å². The Kier molecular flexibility index (Phi) is 6.44. The normalized spacial score (nSPS) is 11.6. The minimum absolute atomic E-state index is 0.282. The van der Waals surface area contributed by atoms with Crippen LogP contribution in [0.4, 0.5) is 5.69 Å².